The zero-order valence-electron chi connectivity index (χ0n) is 40.2. The van der Waals surface area contributed by atoms with Crippen LogP contribution in [0.1, 0.15) is 113 Å². The summed E-state index contributed by atoms with van der Waals surface area (Å²) < 4.78 is 12.2. The number of aliphatic hydroxyl groups excluding tert-OH is 1. The maximum atomic E-state index is 14.1. The number of halogens is 1. The molecule has 1 aromatic heterocycles. The van der Waals surface area contributed by atoms with Crippen molar-refractivity contribution in [2.45, 2.75) is 124 Å². The first kappa shape index (κ1) is 50.1. The molecule has 3 aliphatic rings. The summed E-state index contributed by atoms with van der Waals surface area (Å²) in [6, 6.07) is 16.4. The van der Waals surface area contributed by atoms with Crippen LogP contribution in [0.2, 0.25) is 5.02 Å². The van der Waals surface area contributed by atoms with Gasteiger partial charge in [0.15, 0.2) is 0 Å². The molecular weight excluding hydrogens is 900 g/mol. The van der Waals surface area contributed by atoms with Crippen LogP contribution in [0, 0.1) is 41.6 Å². The molecule has 358 valence electrons. The van der Waals surface area contributed by atoms with Crippen molar-refractivity contribution in [3.8, 4) is 28.0 Å². The first-order valence-corrected chi connectivity index (χ1v) is 24.3. The van der Waals surface area contributed by atoms with E-state index >= 15 is 0 Å². The Hall–Kier alpha value is -5.77. The SMILES string of the molecule is [C-]#[N+]c1ccc(OC2C(C)(C)C(N3Cc4cc(C#CCCCOCC(=O)N[C@H](C(=O)N5C[C@H](O)C[C@H]5C(=O)N[C@@H](C)c5ccc(-c6scnc6C)cc5)C(C)(C)C)ccc4C3=O)C2(C)C)cc1Cl. The number of carbonyl (C=O) groups excluding carboxylic acids is 4. The number of aromatic nitrogens is 1. The molecule has 4 aromatic rings. The molecule has 0 radical (unpaired) electrons. The number of nitrogens with one attached hydrogen (secondary N) is 2. The van der Waals surface area contributed by atoms with Crippen molar-refractivity contribution in [2.75, 3.05) is 19.8 Å². The molecule has 1 aliphatic carbocycles. The maximum absolute atomic E-state index is 14.1. The summed E-state index contributed by atoms with van der Waals surface area (Å²) in [7, 11) is 0. The number of fused-ring (bicyclic) bond motifs is 1. The highest BCUT2D eigenvalue weighted by atomic mass is 35.5. The number of rotatable bonds is 14. The quantitative estimate of drug-likeness (QED) is 0.0645. The second kappa shape index (κ2) is 20.1. The molecule has 2 fully saturated rings. The Bertz CT molecular complexity index is 2660. The second-order valence-electron chi connectivity index (χ2n) is 20.4. The van der Waals surface area contributed by atoms with Crippen LogP contribution >= 0.6 is 22.9 Å². The smallest absolute Gasteiger partial charge is 0.254 e. The van der Waals surface area contributed by atoms with E-state index in [1.54, 1.807) is 29.5 Å². The Balaban J connectivity index is 0.869. The Morgan fingerprint density at radius 2 is 1.78 bits per heavy atom. The first-order chi connectivity index (χ1) is 32.1. The molecule has 4 atom stereocenters. The van der Waals surface area contributed by atoms with E-state index in [2.05, 4.69) is 60.0 Å². The molecule has 0 unspecified atom stereocenters. The Labute approximate surface area is 408 Å². The maximum Gasteiger partial charge on any atom is 0.254 e. The lowest BCUT2D eigenvalue weighted by molar-refractivity contribution is -0.199. The van der Waals surface area contributed by atoms with Gasteiger partial charge in [-0.3, -0.25) is 19.2 Å². The summed E-state index contributed by atoms with van der Waals surface area (Å²) in [5, 5.41) is 16.9. The van der Waals surface area contributed by atoms with Gasteiger partial charge in [0.1, 0.15) is 30.5 Å². The predicted molar refractivity (Wildman–Crippen MR) is 263 cm³/mol. The molecule has 68 heavy (non-hydrogen) atoms. The van der Waals surface area contributed by atoms with E-state index in [0.29, 0.717) is 41.4 Å². The topological polar surface area (TPSA) is 155 Å². The van der Waals surface area contributed by atoms with Gasteiger partial charge in [-0.15, -0.1) is 11.3 Å². The minimum Gasteiger partial charge on any atom is -0.489 e. The number of amides is 4. The predicted octanol–water partition coefficient (Wildman–Crippen LogP) is 8.68. The number of carbonyl (C=O) groups is 4. The largest absolute Gasteiger partial charge is 0.489 e. The monoisotopic (exact) mass is 960 g/mol. The molecule has 3 heterocycles. The fourth-order valence-electron chi connectivity index (χ4n) is 10.4. The van der Waals surface area contributed by atoms with E-state index in [1.165, 1.54) is 4.90 Å². The number of hydrogen-bond donors (Lipinski definition) is 3. The minimum absolute atomic E-state index is 0.0128. The van der Waals surface area contributed by atoms with Gasteiger partial charge in [0.05, 0.1) is 39.8 Å². The number of β-amino-alcohol motifs (C(OH)–C–C–N with tert-alkyl or cyclic N) is 1. The fraction of sp³-hybridized carbons (Fsp3) is 0.472. The summed E-state index contributed by atoms with van der Waals surface area (Å²) in [5.41, 5.74) is 6.03. The number of thiazole rings is 1. The van der Waals surface area contributed by atoms with Gasteiger partial charge in [0, 0.05) is 60.5 Å². The minimum atomic E-state index is -0.974. The van der Waals surface area contributed by atoms with Gasteiger partial charge in [-0.2, -0.15) is 0 Å². The molecule has 7 rings (SSSR count). The number of aliphatic hydroxyl groups is 1. The third kappa shape index (κ3) is 10.4. The average Bonchev–Trinajstić information content (AvgIpc) is 3.99. The van der Waals surface area contributed by atoms with Crippen molar-refractivity contribution in [3.05, 3.63) is 111 Å². The summed E-state index contributed by atoms with van der Waals surface area (Å²) in [4.78, 5) is 66.9. The molecule has 0 spiro atoms. The van der Waals surface area contributed by atoms with E-state index in [4.69, 9.17) is 27.6 Å². The molecule has 1 saturated carbocycles. The van der Waals surface area contributed by atoms with Gasteiger partial charge >= 0.3 is 0 Å². The Morgan fingerprint density at radius 3 is 2.43 bits per heavy atom. The summed E-state index contributed by atoms with van der Waals surface area (Å²) >= 11 is 7.87. The molecule has 1 saturated heterocycles. The molecule has 13 nitrogen and oxygen atoms in total. The van der Waals surface area contributed by atoms with Crippen LogP contribution in [0.3, 0.4) is 0 Å². The third-order valence-electron chi connectivity index (χ3n) is 13.4. The zero-order valence-corrected chi connectivity index (χ0v) is 41.8. The summed E-state index contributed by atoms with van der Waals surface area (Å²) in [6.07, 6.45) is 0.0858. The van der Waals surface area contributed by atoms with Crippen molar-refractivity contribution in [2.24, 2.45) is 16.2 Å². The van der Waals surface area contributed by atoms with Crippen LogP contribution in [0.25, 0.3) is 15.3 Å². The summed E-state index contributed by atoms with van der Waals surface area (Å²) in [5.74, 6) is 5.69. The normalized spacial score (nSPS) is 21.1. The summed E-state index contributed by atoms with van der Waals surface area (Å²) in [6.45, 7) is 25.6. The van der Waals surface area contributed by atoms with E-state index in [9.17, 15) is 24.3 Å². The molecule has 2 aliphatic heterocycles. The standard InChI is InChI=1S/C53H61ClN6O7S/c1-31(34-16-18-35(19-17-34)44-32(2)56-30-68-44)57-46(63)42-25-37(61)28-59(42)48(65)45(51(3,4)5)58-43(62)29-66-23-13-11-12-14-33-15-21-39-36(24-33)27-60(47(39)64)49-52(6,7)50(53(49,8)9)67-38-20-22-41(55-10)40(54)26-38/h15-22,24,26,30-31,37,42,45,49-50,61H,11,13,23,25,27-29H2,1-9H3,(H,57,63)(H,58,62)/t31-,37+,42-,45+,49?,50?/m0/s1. The molecule has 15 heteroatoms. The van der Waals surface area contributed by atoms with Gasteiger partial charge < -0.3 is 35.0 Å². The molecule has 3 aromatic carbocycles. The second-order valence-corrected chi connectivity index (χ2v) is 21.7. The van der Waals surface area contributed by atoms with Crippen LogP contribution in [0.15, 0.2) is 66.2 Å². The van der Waals surface area contributed by atoms with Crippen LogP contribution in [-0.4, -0.2) is 93.6 Å². The molecule has 4 amide bonds. The van der Waals surface area contributed by atoms with Crippen LogP contribution in [0.5, 0.6) is 5.75 Å². The van der Waals surface area contributed by atoms with Crippen molar-refractivity contribution >= 4 is 52.3 Å². The number of nitrogens with zero attached hydrogens (tertiary/aromatic N) is 4. The van der Waals surface area contributed by atoms with Gasteiger partial charge in [0.2, 0.25) is 23.4 Å². The van der Waals surface area contributed by atoms with E-state index in [-0.39, 0.29) is 67.0 Å². The van der Waals surface area contributed by atoms with Gasteiger partial charge in [-0.05, 0) is 72.7 Å². The van der Waals surface area contributed by atoms with Gasteiger partial charge in [-0.1, -0.05) is 102 Å². The van der Waals surface area contributed by atoms with E-state index in [1.807, 2.05) is 87.5 Å². The number of unbranched alkanes of at least 4 members (excludes halogenated alkanes) is 1. The lowest BCUT2D eigenvalue weighted by Gasteiger charge is -2.65. The Morgan fingerprint density at radius 1 is 1.06 bits per heavy atom. The van der Waals surface area contributed by atoms with Crippen molar-refractivity contribution in [3.63, 3.8) is 0 Å². The Kier molecular flexibility index (Phi) is 14.8. The molecular formula is C53H61ClN6O7S. The van der Waals surface area contributed by atoms with Crippen LogP contribution in [-0.2, 0) is 25.7 Å². The first-order valence-electron chi connectivity index (χ1n) is 23.0. The van der Waals surface area contributed by atoms with Gasteiger partial charge in [0.25, 0.3) is 5.91 Å². The van der Waals surface area contributed by atoms with E-state index < -0.39 is 35.4 Å². The number of aryl methyl sites for hydroxylation is 1. The number of likely N-dealkylation sites (tertiary alicyclic amines) is 1. The third-order valence-corrected chi connectivity index (χ3v) is 14.7. The van der Waals surface area contributed by atoms with Crippen molar-refractivity contribution < 1.29 is 33.8 Å². The fourth-order valence-corrected chi connectivity index (χ4v) is 11.5. The number of benzene rings is 3. The lowest BCUT2D eigenvalue weighted by atomic mass is 9.49. The number of ether oxygens (including phenoxy) is 2. The lowest BCUT2D eigenvalue weighted by Crippen LogP contribution is -2.74. The number of hydrogen-bond acceptors (Lipinski definition) is 9. The highest BCUT2D eigenvalue weighted by Crippen LogP contribution is 2.59. The highest BCUT2D eigenvalue weighted by Gasteiger charge is 2.67. The van der Waals surface area contributed by atoms with Crippen molar-refractivity contribution in [1.29, 1.82) is 0 Å². The van der Waals surface area contributed by atoms with E-state index in [0.717, 1.165) is 32.8 Å². The zero-order chi connectivity index (χ0) is 49.3. The molecule has 0 bridgehead atoms. The average molecular weight is 962 g/mol. The highest BCUT2D eigenvalue weighted by molar-refractivity contribution is 7.13. The molecule has 3 N–H and O–H groups in total. The van der Waals surface area contributed by atoms with Crippen LogP contribution in [0.4, 0.5) is 5.69 Å². The van der Waals surface area contributed by atoms with Crippen molar-refractivity contribution in [1.82, 2.24) is 25.4 Å². The van der Waals surface area contributed by atoms with Crippen LogP contribution < -0.4 is 15.4 Å². The van der Waals surface area contributed by atoms with Gasteiger partial charge in [-0.25, -0.2) is 9.83 Å².